The zero-order chi connectivity index (χ0) is 27.2. The number of aliphatic hydroxyl groups excluding tert-OH is 1. The van der Waals surface area contributed by atoms with Gasteiger partial charge in [0.2, 0.25) is 0 Å². The highest BCUT2D eigenvalue weighted by Gasteiger charge is 2.15. The Bertz CT molecular complexity index is 1200. The van der Waals surface area contributed by atoms with Gasteiger partial charge < -0.3 is 19.9 Å². The van der Waals surface area contributed by atoms with Crippen molar-refractivity contribution in [1.29, 1.82) is 0 Å². The van der Waals surface area contributed by atoms with Gasteiger partial charge in [0.15, 0.2) is 0 Å². The summed E-state index contributed by atoms with van der Waals surface area (Å²) in [7, 11) is 0. The van der Waals surface area contributed by atoms with Crippen LogP contribution in [0.4, 0.5) is 0 Å². The van der Waals surface area contributed by atoms with Gasteiger partial charge in [0.25, 0.3) is 5.91 Å². The highest BCUT2D eigenvalue weighted by Crippen LogP contribution is 2.21. The standard InChI is InChI=1S/C31H31NO6/c1-23-19-26(13-15-28(34)37-21-24-9-4-2-5-10-24)30(31(36)32-17-8-18-33)27(20-23)14-16-29(35)38-22-25-11-6-3-7-12-25/h2-7,9-16,19-20,33H,8,17-18,21-22H2,1H3,(H,32,36)/b15-13+,16-14+. The lowest BCUT2D eigenvalue weighted by Crippen LogP contribution is -2.26. The van der Waals surface area contributed by atoms with Crippen LogP contribution in [0.1, 0.15) is 44.6 Å². The van der Waals surface area contributed by atoms with Gasteiger partial charge in [-0.2, -0.15) is 0 Å². The number of carbonyl (C=O) groups is 3. The largest absolute Gasteiger partial charge is 0.458 e. The van der Waals surface area contributed by atoms with E-state index in [4.69, 9.17) is 14.6 Å². The first kappa shape index (κ1) is 28.1. The second-order valence-electron chi connectivity index (χ2n) is 8.50. The van der Waals surface area contributed by atoms with Crippen LogP contribution in [-0.4, -0.2) is 36.1 Å². The Kier molecular flexibility index (Phi) is 11.0. The van der Waals surface area contributed by atoms with E-state index < -0.39 is 17.8 Å². The number of hydrogen-bond donors (Lipinski definition) is 2. The summed E-state index contributed by atoms with van der Waals surface area (Å²) in [4.78, 5) is 37.8. The predicted octanol–water partition coefficient (Wildman–Crippen LogP) is 4.62. The van der Waals surface area contributed by atoms with Crippen molar-refractivity contribution < 1.29 is 29.0 Å². The molecule has 3 rings (SSSR count). The Morgan fingerprint density at radius 2 is 1.26 bits per heavy atom. The molecule has 0 spiro atoms. The molecule has 2 N–H and O–H groups in total. The number of aryl methyl sites for hydroxylation is 1. The fraction of sp³-hybridized carbons (Fsp3) is 0.194. The number of carbonyl (C=O) groups excluding carboxylic acids is 3. The molecule has 7 nitrogen and oxygen atoms in total. The zero-order valence-electron chi connectivity index (χ0n) is 21.3. The molecular formula is C31H31NO6. The Morgan fingerprint density at radius 1 is 0.789 bits per heavy atom. The molecule has 0 aromatic heterocycles. The Labute approximate surface area is 222 Å². The van der Waals surface area contributed by atoms with Gasteiger partial charge in [-0.1, -0.05) is 72.8 Å². The maximum absolute atomic E-state index is 13.1. The average Bonchev–Trinajstić information content (AvgIpc) is 2.93. The number of benzene rings is 3. The molecule has 196 valence electrons. The van der Waals surface area contributed by atoms with Crippen LogP contribution in [0.3, 0.4) is 0 Å². The van der Waals surface area contributed by atoms with Crippen LogP contribution in [0.15, 0.2) is 84.9 Å². The number of nitrogens with one attached hydrogen (secondary N) is 1. The molecule has 0 unspecified atom stereocenters. The topological polar surface area (TPSA) is 102 Å². The van der Waals surface area contributed by atoms with E-state index in [1.54, 1.807) is 12.1 Å². The van der Waals surface area contributed by atoms with Crippen molar-refractivity contribution in [3.8, 4) is 0 Å². The lowest BCUT2D eigenvalue weighted by Gasteiger charge is -2.13. The number of amides is 1. The van der Waals surface area contributed by atoms with Gasteiger partial charge in [-0.05, 0) is 53.3 Å². The molecule has 0 bridgehead atoms. The number of rotatable bonds is 12. The first-order chi connectivity index (χ1) is 18.5. The van der Waals surface area contributed by atoms with Crippen molar-refractivity contribution in [3.05, 3.63) is 118 Å². The van der Waals surface area contributed by atoms with E-state index in [2.05, 4.69) is 5.32 Å². The van der Waals surface area contributed by atoms with E-state index in [0.717, 1.165) is 16.7 Å². The first-order valence-electron chi connectivity index (χ1n) is 12.3. The van der Waals surface area contributed by atoms with E-state index in [9.17, 15) is 14.4 Å². The molecule has 0 aliphatic rings. The molecule has 7 heteroatoms. The van der Waals surface area contributed by atoms with Gasteiger partial charge >= 0.3 is 11.9 Å². The van der Waals surface area contributed by atoms with Crippen LogP contribution in [0.25, 0.3) is 12.2 Å². The Morgan fingerprint density at radius 3 is 1.71 bits per heavy atom. The Hall–Kier alpha value is -4.49. The van der Waals surface area contributed by atoms with Crippen LogP contribution in [0.5, 0.6) is 0 Å². The van der Waals surface area contributed by atoms with Gasteiger partial charge in [-0.25, -0.2) is 9.59 Å². The minimum absolute atomic E-state index is 0.0613. The highest BCUT2D eigenvalue weighted by molar-refractivity contribution is 6.03. The van der Waals surface area contributed by atoms with E-state index in [1.807, 2.05) is 67.6 Å². The molecule has 38 heavy (non-hydrogen) atoms. The molecular weight excluding hydrogens is 482 g/mol. The van der Waals surface area contributed by atoms with E-state index >= 15 is 0 Å². The van der Waals surface area contributed by atoms with Crippen LogP contribution in [0, 0.1) is 6.92 Å². The van der Waals surface area contributed by atoms with Crippen molar-refractivity contribution in [2.45, 2.75) is 26.6 Å². The summed E-state index contributed by atoms with van der Waals surface area (Å²) in [5.41, 5.74) is 3.81. The van der Waals surface area contributed by atoms with Crippen molar-refractivity contribution >= 4 is 30.0 Å². The predicted molar refractivity (Wildman–Crippen MR) is 146 cm³/mol. The van der Waals surface area contributed by atoms with Crippen molar-refractivity contribution in [2.75, 3.05) is 13.2 Å². The third kappa shape index (κ3) is 9.19. The third-order valence-corrected chi connectivity index (χ3v) is 5.44. The number of esters is 2. The second-order valence-corrected chi connectivity index (χ2v) is 8.50. The fourth-order valence-corrected chi connectivity index (χ4v) is 3.61. The van der Waals surface area contributed by atoms with Crippen LogP contribution >= 0.6 is 0 Å². The van der Waals surface area contributed by atoms with E-state index in [1.165, 1.54) is 24.3 Å². The molecule has 1 amide bonds. The lowest BCUT2D eigenvalue weighted by molar-refractivity contribution is -0.139. The fourth-order valence-electron chi connectivity index (χ4n) is 3.61. The number of aliphatic hydroxyl groups is 1. The number of hydrogen-bond acceptors (Lipinski definition) is 6. The van der Waals surface area contributed by atoms with Crippen LogP contribution in [-0.2, 0) is 32.3 Å². The van der Waals surface area contributed by atoms with Gasteiger partial charge in [-0.15, -0.1) is 0 Å². The minimum atomic E-state index is -0.552. The number of ether oxygens (including phenoxy) is 2. The summed E-state index contributed by atoms with van der Waals surface area (Å²) in [6, 6.07) is 22.2. The normalized spacial score (nSPS) is 11.0. The van der Waals surface area contributed by atoms with Crippen molar-refractivity contribution in [3.63, 3.8) is 0 Å². The first-order valence-corrected chi connectivity index (χ1v) is 12.3. The monoisotopic (exact) mass is 513 g/mol. The van der Waals surface area contributed by atoms with E-state index in [0.29, 0.717) is 17.5 Å². The molecule has 0 aliphatic heterocycles. The molecule has 3 aromatic carbocycles. The smallest absolute Gasteiger partial charge is 0.331 e. The van der Waals surface area contributed by atoms with Crippen LogP contribution < -0.4 is 5.32 Å². The van der Waals surface area contributed by atoms with Gasteiger partial charge in [-0.3, -0.25) is 4.79 Å². The molecule has 0 radical (unpaired) electrons. The zero-order valence-corrected chi connectivity index (χ0v) is 21.3. The second kappa shape index (κ2) is 14.9. The molecule has 0 saturated heterocycles. The van der Waals surface area contributed by atoms with Crippen molar-refractivity contribution in [1.82, 2.24) is 5.32 Å². The SMILES string of the molecule is Cc1cc(/C=C/C(=O)OCc2ccccc2)c(C(=O)NCCCO)c(/C=C/C(=O)OCc2ccccc2)c1. The lowest BCUT2D eigenvalue weighted by atomic mass is 9.96. The summed E-state index contributed by atoms with van der Waals surface area (Å²) in [5, 5.41) is 11.8. The van der Waals surface area contributed by atoms with Crippen LogP contribution in [0.2, 0.25) is 0 Å². The molecule has 0 saturated carbocycles. The van der Waals surface area contributed by atoms with Gasteiger partial charge in [0.05, 0.1) is 5.56 Å². The maximum Gasteiger partial charge on any atom is 0.331 e. The van der Waals surface area contributed by atoms with E-state index in [-0.39, 0.29) is 31.9 Å². The van der Waals surface area contributed by atoms with Crippen molar-refractivity contribution in [2.24, 2.45) is 0 Å². The molecule has 0 heterocycles. The van der Waals surface area contributed by atoms with Gasteiger partial charge in [0.1, 0.15) is 13.2 Å². The summed E-state index contributed by atoms with van der Waals surface area (Å²) < 4.78 is 10.6. The molecule has 0 aliphatic carbocycles. The molecule has 0 fully saturated rings. The minimum Gasteiger partial charge on any atom is -0.458 e. The molecule has 3 aromatic rings. The van der Waals surface area contributed by atoms with Gasteiger partial charge in [0, 0.05) is 25.3 Å². The maximum atomic E-state index is 13.1. The summed E-state index contributed by atoms with van der Waals surface area (Å²) in [5.74, 6) is -1.50. The summed E-state index contributed by atoms with van der Waals surface area (Å²) in [6.45, 7) is 2.32. The summed E-state index contributed by atoms with van der Waals surface area (Å²) in [6.07, 6.45) is 5.97. The third-order valence-electron chi connectivity index (χ3n) is 5.44. The Balaban J connectivity index is 1.79. The highest BCUT2D eigenvalue weighted by atomic mass is 16.5. The quantitative estimate of drug-likeness (QED) is 0.208. The average molecular weight is 514 g/mol. The summed E-state index contributed by atoms with van der Waals surface area (Å²) >= 11 is 0. The molecule has 0 atom stereocenters.